The summed E-state index contributed by atoms with van der Waals surface area (Å²) in [6.45, 7) is -0.226. The third kappa shape index (κ3) is 4.79. The van der Waals surface area contributed by atoms with Gasteiger partial charge in [0.2, 0.25) is 17.3 Å². The van der Waals surface area contributed by atoms with Crippen LogP contribution in [0.2, 0.25) is 0 Å². The molecule has 3 rings (SSSR count). The summed E-state index contributed by atoms with van der Waals surface area (Å²) in [5.41, 5.74) is 0.831. The van der Waals surface area contributed by atoms with Gasteiger partial charge in [-0.25, -0.2) is 4.79 Å². The van der Waals surface area contributed by atoms with Gasteiger partial charge in [0.1, 0.15) is 6.61 Å². The summed E-state index contributed by atoms with van der Waals surface area (Å²) >= 11 is 0.850. The molecule has 1 aliphatic heterocycles. The van der Waals surface area contributed by atoms with Gasteiger partial charge in [-0.2, -0.15) is 0 Å². The van der Waals surface area contributed by atoms with Crippen molar-refractivity contribution < 1.29 is 29.2 Å². The maximum atomic E-state index is 12.3. The van der Waals surface area contributed by atoms with E-state index in [2.05, 4.69) is 0 Å². The molecule has 0 aromatic heterocycles. The number of nitrogens with zero attached hydrogens (tertiary/aromatic N) is 2. The molecule has 0 bridgehead atoms. The molecule has 2 aromatic rings. The van der Waals surface area contributed by atoms with E-state index in [1.54, 1.807) is 30.3 Å². The van der Waals surface area contributed by atoms with Gasteiger partial charge in [0, 0.05) is 17.7 Å². The molecule has 1 unspecified atom stereocenters. The average Bonchev–Trinajstić information content (AvgIpc) is 2.72. The minimum Gasteiger partial charge on any atom is -0.457 e. The SMILES string of the molecule is O=C(S[C@H]1CC(=O)N1C(O)C(=O)OCc1ccc([N+](=O)[O-])cc1)c1ccccc1. The lowest BCUT2D eigenvalue weighted by Crippen LogP contribution is -2.59. The quantitative estimate of drug-likeness (QED) is 0.315. The minimum absolute atomic E-state index is 0.0237. The van der Waals surface area contributed by atoms with Gasteiger partial charge in [-0.15, -0.1) is 0 Å². The number of ether oxygens (including phenoxy) is 1. The van der Waals surface area contributed by atoms with Gasteiger partial charge in [0.15, 0.2) is 0 Å². The molecule has 0 aliphatic carbocycles. The number of esters is 1. The van der Waals surface area contributed by atoms with Gasteiger partial charge in [-0.05, 0) is 17.7 Å². The standard InChI is InChI=1S/C19H16N2O7S/c22-15-10-16(29-19(25)13-4-2-1-3-5-13)20(15)17(23)18(24)28-11-12-6-8-14(9-7-12)21(26)27/h1-9,16-17,23H,10-11H2/t16-,17?/m0/s1. The Kier molecular flexibility index (Phi) is 6.25. The van der Waals surface area contributed by atoms with E-state index in [4.69, 9.17) is 4.74 Å². The molecule has 0 saturated carbocycles. The van der Waals surface area contributed by atoms with Crippen LogP contribution in [0.3, 0.4) is 0 Å². The molecule has 2 atom stereocenters. The molecule has 0 spiro atoms. The second-order valence-electron chi connectivity index (χ2n) is 6.14. The number of hydrogen-bond acceptors (Lipinski definition) is 8. The summed E-state index contributed by atoms with van der Waals surface area (Å²) < 4.78 is 4.99. The number of amides is 1. The predicted molar refractivity (Wildman–Crippen MR) is 103 cm³/mol. The number of carbonyl (C=O) groups excluding carboxylic acids is 3. The highest BCUT2D eigenvalue weighted by molar-refractivity contribution is 8.14. The summed E-state index contributed by atoms with van der Waals surface area (Å²) in [5.74, 6) is -1.52. The summed E-state index contributed by atoms with van der Waals surface area (Å²) in [6, 6.07) is 13.8. The summed E-state index contributed by atoms with van der Waals surface area (Å²) in [6.07, 6.45) is -1.81. The van der Waals surface area contributed by atoms with Crippen LogP contribution in [-0.4, -0.2) is 43.5 Å². The van der Waals surface area contributed by atoms with E-state index in [0.29, 0.717) is 11.1 Å². The van der Waals surface area contributed by atoms with Crippen LogP contribution >= 0.6 is 11.8 Å². The average molecular weight is 416 g/mol. The van der Waals surface area contributed by atoms with Crippen molar-refractivity contribution in [2.75, 3.05) is 0 Å². The fraction of sp³-hybridized carbons (Fsp3) is 0.211. The molecule has 1 aliphatic rings. The van der Waals surface area contributed by atoms with Crippen molar-refractivity contribution in [3.63, 3.8) is 0 Å². The Hall–Kier alpha value is -3.24. The monoisotopic (exact) mass is 416 g/mol. The second kappa shape index (κ2) is 8.84. The van der Waals surface area contributed by atoms with E-state index >= 15 is 0 Å². The molecule has 1 N–H and O–H groups in total. The van der Waals surface area contributed by atoms with Crippen molar-refractivity contribution in [2.45, 2.75) is 24.6 Å². The molecule has 1 fully saturated rings. The summed E-state index contributed by atoms with van der Waals surface area (Å²) in [5, 5.41) is 19.9. The number of thioether (sulfide) groups is 1. The number of rotatable bonds is 7. The Morgan fingerprint density at radius 1 is 1.21 bits per heavy atom. The van der Waals surface area contributed by atoms with Crippen molar-refractivity contribution >= 4 is 34.4 Å². The maximum absolute atomic E-state index is 12.3. The molecule has 0 radical (unpaired) electrons. The molecule has 10 heteroatoms. The molecule has 1 saturated heterocycles. The van der Waals surface area contributed by atoms with E-state index in [-0.39, 0.29) is 23.8 Å². The minimum atomic E-state index is -1.84. The molecular formula is C19H16N2O7S. The zero-order valence-electron chi connectivity index (χ0n) is 15.0. The first-order chi connectivity index (χ1) is 13.9. The number of carbonyl (C=O) groups is 3. The van der Waals surface area contributed by atoms with Gasteiger partial charge >= 0.3 is 5.97 Å². The molecule has 150 valence electrons. The van der Waals surface area contributed by atoms with Gasteiger partial charge in [0.05, 0.1) is 16.7 Å². The normalized spacial score (nSPS) is 16.7. The van der Waals surface area contributed by atoms with Gasteiger partial charge in [-0.3, -0.25) is 24.6 Å². The first-order valence-electron chi connectivity index (χ1n) is 8.52. The molecule has 9 nitrogen and oxygen atoms in total. The Morgan fingerprint density at radius 3 is 2.45 bits per heavy atom. The lowest BCUT2D eigenvalue weighted by Gasteiger charge is -2.41. The van der Waals surface area contributed by atoms with Crippen LogP contribution in [0.4, 0.5) is 5.69 Å². The summed E-state index contributed by atoms with van der Waals surface area (Å²) in [4.78, 5) is 47.2. The fourth-order valence-electron chi connectivity index (χ4n) is 2.62. The highest BCUT2D eigenvalue weighted by Crippen LogP contribution is 2.33. The highest BCUT2D eigenvalue weighted by Gasteiger charge is 2.45. The molecule has 29 heavy (non-hydrogen) atoms. The Bertz CT molecular complexity index is 933. The third-order valence-electron chi connectivity index (χ3n) is 4.20. The maximum Gasteiger partial charge on any atom is 0.356 e. The second-order valence-corrected chi connectivity index (χ2v) is 7.29. The fourth-order valence-corrected chi connectivity index (χ4v) is 3.71. The van der Waals surface area contributed by atoms with Gasteiger partial charge < -0.3 is 9.84 Å². The van der Waals surface area contributed by atoms with Crippen molar-refractivity contribution in [3.05, 3.63) is 75.8 Å². The van der Waals surface area contributed by atoms with Crippen LogP contribution in [-0.2, 0) is 20.9 Å². The zero-order valence-corrected chi connectivity index (χ0v) is 15.8. The van der Waals surface area contributed by atoms with E-state index in [1.807, 2.05) is 0 Å². The van der Waals surface area contributed by atoms with Crippen molar-refractivity contribution in [2.24, 2.45) is 0 Å². The van der Waals surface area contributed by atoms with Crippen molar-refractivity contribution in [1.29, 1.82) is 0 Å². The Labute approximate surface area is 169 Å². The number of likely N-dealkylation sites (tertiary alicyclic amines) is 1. The lowest BCUT2D eigenvalue weighted by molar-refractivity contribution is -0.384. The van der Waals surface area contributed by atoms with E-state index in [1.165, 1.54) is 24.3 Å². The van der Waals surface area contributed by atoms with E-state index in [0.717, 1.165) is 16.7 Å². The first-order valence-corrected chi connectivity index (χ1v) is 9.40. The van der Waals surface area contributed by atoms with Crippen LogP contribution in [0, 0.1) is 10.1 Å². The molecule has 2 aromatic carbocycles. The largest absolute Gasteiger partial charge is 0.457 e. The lowest BCUT2D eigenvalue weighted by atomic mass is 10.2. The van der Waals surface area contributed by atoms with Gasteiger partial charge in [0.25, 0.3) is 5.69 Å². The van der Waals surface area contributed by atoms with Crippen molar-refractivity contribution in [3.8, 4) is 0 Å². The Morgan fingerprint density at radius 2 is 1.86 bits per heavy atom. The first kappa shape index (κ1) is 20.5. The topological polar surface area (TPSA) is 127 Å². The summed E-state index contributed by atoms with van der Waals surface area (Å²) in [7, 11) is 0. The van der Waals surface area contributed by atoms with Crippen LogP contribution in [0.25, 0.3) is 0 Å². The number of aliphatic hydroxyl groups excluding tert-OH is 1. The number of nitro benzene ring substituents is 1. The highest BCUT2D eigenvalue weighted by atomic mass is 32.2. The number of non-ortho nitro benzene ring substituents is 1. The van der Waals surface area contributed by atoms with Gasteiger partial charge in [-0.1, -0.05) is 42.1 Å². The van der Waals surface area contributed by atoms with E-state index in [9.17, 15) is 29.6 Å². The van der Waals surface area contributed by atoms with Crippen LogP contribution in [0.1, 0.15) is 22.3 Å². The smallest absolute Gasteiger partial charge is 0.356 e. The van der Waals surface area contributed by atoms with E-state index < -0.39 is 28.4 Å². The van der Waals surface area contributed by atoms with Crippen LogP contribution < -0.4 is 0 Å². The molecular weight excluding hydrogens is 400 g/mol. The van der Waals surface area contributed by atoms with Crippen LogP contribution in [0.15, 0.2) is 54.6 Å². The third-order valence-corrected chi connectivity index (χ3v) is 5.32. The number of hydrogen-bond donors (Lipinski definition) is 1. The number of nitro groups is 1. The van der Waals surface area contributed by atoms with Crippen molar-refractivity contribution in [1.82, 2.24) is 4.90 Å². The number of benzene rings is 2. The number of aliphatic hydroxyl groups is 1. The predicted octanol–water partition coefficient (Wildman–Crippen LogP) is 2.09. The Balaban J connectivity index is 1.55. The molecule has 1 heterocycles. The molecule has 1 amide bonds. The van der Waals surface area contributed by atoms with Crippen LogP contribution in [0.5, 0.6) is 0 Å². The zero-order chi connectivity index (χ0) is 21.0. The number of β-lactam (4-membered cyclic amide) rings is 1.